The SMILES string of the molecule is Cc1nc(N)[nH]c(=O)c1CCCN(c1ccccc1)S(=O)(=O)c1ccc([N+](=O)[O-])cc1. The van der Waals surface area contributed by atoms with Crippen molar-refractivity contribution >= 4 is 27.3 Å². The molecule has 11 heteroatoms. The number of nitro benzene ring substituents is 1. The molecule has 0 bridgehead atoms. The van der Waals surface area contributed by atoms with E-state index in [0.29, 0.717) is 29.8 Å². The van der Waals surface area contributed by atoms with Crippen LogP contribution in [0.25, 0.3) is 0 Å². The van der Waals surface area contributed by atoms with E-state index in [1.165, 1.54) is 16.4 Å². The van der Waals surface area contributed by atoms with Crippen molar-refractivity contribution in [1.29, 1.82) is 0 Å². The molecule has 162 valence electrons. The molecule has 0 spiro atoms. The van der Waals surface area contributed by atoms with Crippen LogP contribution in [0.4, 0.5) is 17.3 Å². The van der Waals surface area contributed by atoms with Crippen molar-refractivity contribution in [3.05, 3.63) is 86.3 Å². The number of hydrogen-bond donors (Lipinski definition) is 2. The average Bonchev–Trinajstić information content (AvgIpc) is 2.73. The van der Waals surface area contributed by atoms with Crippen LogP contribution in [0.3, 0.4) is 0 Å². The van der Waals surface area contributed by atoms with E-state index in [9.17, 15) is 23.3 Å². The molecule has 10 nitrogen and oxygen atoms in total. The van der Waals surface area contributed by atoms with Crippen LogP contribution in [0.15, 0.2) is 64.3 Å². The van der Waals surface area contributed by atoms with Gasteiger partial charge in [-0.2, -0.15) is 0 Å². The Morgan fingerprint density at radius 3 is 2.35 bits per heavy atom. The second-order valence-electron chi connectivity index (χ2n) is 6.78. The van der Waals surface area contributed by atoms with Gasteiger partial charge in [0.15, 0.2) is 0 Å². The van der Waals surface area contributed by atoms with Crippen LogP contribution in [0, 0.1) is 17.0 Å². The molecule has 1 heterocycles. The zero-order valence-corrected chi connectivity index (χ0v) is 17.5. The maximum absolute atomic E-state index is 13.3. The smallest absolute Gasteiger partial charge is 0.269 e. The Hall–Kier alpha value is -3.73. The van der Waals surface area contributed by atoms with Gasteiger partial charge in [-0.05, 0) is 44.0 Å². The molecule has 3 aromatic rings. The van der Waals surface area contributed by atoms with Gasteiger partial charge in [0.2, 0.25) is 5.95 Å². The third-order valence-corrected chi connectivity index (χ3v) is 6.55. The summed E-state index contributed by atoms with van der Waals surface area (Å²) in [6, 6.07) is 13.2. The largest absolute Gasteiger partial charge is 0.369 e. The number of nitrogens with one attached hydrogen (secondary N) is 1. The number of aromatic nitrogens is 2. The fourth-order valence-electron chi connectivity index (χ4n) is 3.18. The summed E-state index contributed by atoms with van der Waals surface area (Å²) in [5.74, 6) is 0.0258. The van der Waals surface area contributed by atoms with Crippen molar-refractivity contribution < 1.29 is 13.3 Å². The van der Waals surface area contributed by atoms with E-state index in [4.69, 9.17) is 5.73 Å². The summed E-state index contributed by atoms with van der Waals surface area (Å²) in [5.41, 5.74) is 6.36. The third kappa shape index (κ3) is 4.89. The Morgan fingerprint density at radius 2 is 1.77 bits per heavy atom. The second kappa shape index (κ2) is 8.96. The van der Waals surface area contributed by atoms with Gasteiger partial charge in [0.05, 0.1) is 15.5 Å². The normalized spacial score (nSPS) is 11.3. The van der Waals surface area contributed by atoms with Gasteiger partial charge in [-0.1, -0.05) is 18.2 Å². The lowest BCUT2D eigenvalue weighted by Gasteiger charge is -2.24. The van der Waals surface area contributed by atoms with E-state index >= 15 is 0 Å². The van der Waals surface area contributed by atoms with E-state index in [0.717, 1.165) is 12.1 Å². The van der Waals surface area contributed by atoms with Gasteiger partial charge in [-0.25, -0.2) is 13.4 Å². The lowest BCUT2D eigenvalue weighted by molar-refractivity contribution is -0.384. The Morgan fingerprint density at radius 1 is 1.13 bits per heavy atom. The Labute approximate surface area is 178 Å². The summed E-state index contributed by atoms with van der Waals surface area (Å²) in [6.45, 7) is 1.76. The zero-order valence-electron chi connectivity index (χ0n) is 16.7. The Bertz CT molecular complexity index is 1240. The van der Waals surface area contributed by atoms with Gasteiger partial charge in [-0.15, -0.1) is 0 Å². The molecule has 0 aliphatic rings. The van der Waals surface area contributed by atoms with Crippen molar-refractivity contribution in [3.8, 4) is 0 Å². The van der Waals surface area contributed by atoms with Gasteiger partial charge >= 0.3 is 0 Å². The first-order chi connectivity index (χ1) is 14.7. The van der Waals surface area contributed by atoms with E-state index in [-0.39, 0.29) is 28.6 Å². The molecule has 0 amide bonds. The van der Waals surface area contributed by atoms with Gasteiger partial charge < -0.3 is 5.73 Å². The molecular weight excluding hydrogens is 422 g/mol. The number of benzene rings is 2. The number of nitrogens with two attached hydrogens (primary N) is 1. The fourth-order valence-corrected chi connectivity index (χ4v) is 4.68. The first-order valence-electron chi connectivity index (χ1n) is 9.37. The molecular formula is C20H21N5O5S. The maximum Gasteiger partial charge on any atom is 0.269 e. The van der Waals surface area contributed by atoms with Crippen molar-refractivity contribution in [2.45, 2.75) is 24.7 Å². The van der Waals surface area contributed by atoms with E-state index in [2.05, 4.69) is 9.97 Å². The molecule has 0 saturated carbocycles. The highest BCUT2D eigenvalue weighted by atomic mass is 32.2. The van der Waals surface area contributed by atoms with E-state index in [1.807, 2.05) is 0 Å². The predicted molar refractivity (Wildman–Crippen MR) is 116 cm³/mol. The maximum atomic E-state index is 13.3. The molecule has 1 aromatic heterocycles. The molecule has 0 aliphatic heterocycles. The summed E-state index contributed by atoms with van der Waals surface area (Å²) < 4.78 is 27.8. The molecule has 3 rings (SSSR count). The van der Waals surface area contributed by atoms with Crippen molar-refractivity contribution in [1.82, 2.24) is 9.97 Å². The summed E-state index contributed by atoms with van der Waals surface area (Å²) in [7, 11) is -3.99. The Kier molecular flexibility index (Phi) is 6.35. The van der Waals surface area contributed by atoms with Crippen LogP contribution in [0.5, 0.6) is 0 Å². The summed E-state index contributed by atoms with van der Waals surface area (Å²) in [4.78, 5) is 28.9. The average molecular weight is 443 g/mol. The molecule has 31 heavy (non-hydrogen) atoms. The number of non-ortho nitro benzene ring substituents is 1. The standard InChI is InChI=1S/C20H21N5O5S/c1-14-18(19(26)23-20(21)22-14)8-5-13-24(15-6-3-2-4-7-15)31(29,30)17-11-9-16(10-12-17)25(27)28/h2-4,6-7,9-12H,5,8,13H2,1H3,(H3,21,22,23,26). The first-order valence-corrected chi connectivity index (χ1v) is 10.8. The summed E-state index contributed by atoms with van der Waals surface area (Å²) >= 11 is 0. The molecule has 0 radical (unpaired) electrons. The van der Waals surface area contributed by atoms with Crippen molar-refractivity contribution in [2.24, 2.45) is 0 Å². The Balaban J connectivity index is 1.89. The number of nitrogen functional groups attached to an aromatic ring is 1. The van der Waals surface area contributed by atoms with Crippen molar-refractivity contribution in [3.63, 3.8) is 0 Å². The number of hydrogen-bond acceptors (Lipinski definition) is 7. The number of nitro groups is 1. The number of anilines is 2. The number of rotatable bonds is 8. The van der Waals surface area contributed by atoms with Crippen LogP contribution in [0.2, 0.25) is 0 Å². The van der Waals surface area contributed by atoms with Crippen LogP contribution >= 0.6 is 0 Å². The second-order valence-corrected chi connectivity index (χ2v) is 8.64. The zero-order chi connectivity index (χ0) is 22.6. The lowest BCUT2D eigenvalue weighted by Crippen LogP contribution is -2.32. The molecule has 2 aromatic carbocycles. The van der Waals surface area contributed by atoms with E-state index in [1.54, 1.807) is 37.3 Å². The predicted octanol–water partition coefficient (Wildman–Crippen LogP) is 2.40. The fraction of sp³-hybridized carbons (Fsp3) is 0.200. The molecule has 0 saturated heterocycles. The van der Waals surface area contributed by atoms with Crippen LogP contribution < -0.4 is 15.6 Å². The highest BCUT2D eigenvalue weighted by Gasteiger charge is 2.25. The minimum Gasteiger partial charge on any atom is -0.369 e. The summed E-state index contributed by atoms with van der Waals surface area (Å²) in [5, 5.41) is 10.9. The van der Waals surface area contributed by atoms with E-state index < -0.39 is 14.9 Å². The minimum absolute atomic E-state index is 0.0258. The third-order valence-electron chi connectivity index (χ3n) is 4.71. The molecule has 3 N–H and O–H groups in total. The van der Waals surface area contributed by atoms with Gasteiger partial charge in [0.1, 0.15) is 0 Å². The first kappa shape index (κ1) is 22.0. The number of aryl methyl sites for hydroxylation is 1. The number of nitrogens with zero attached hydrogens (tertiary/aromatic N) is 3. The van der Waals surface area contributed by atoms with Crippen LogP contribution in [-0.4, -0.2) is 29.9 Å². The minimum atomic E-state index is -3.99. The monoisotopic (exact) mass is 443 g/mol. The number of H-pyrrole nitrogens is 1. The lowest BCUT2D eigenvalue weighted by atomic mass is 10.1. The highest BCUT2D eigenvalue weighted by Crippen LogP contribution is 2.25. The van der Waals surface area contributed by atoms with Gasteiger partial charge in [0.25, 0.3) is 21.3 Å². The number of para-hydroxylation sites is 1. The number of sulfonamides is 1. The van der Waals surface area contributed by atoms with Crippen LogP contribution in [0.1, 0.15) is 17.7 Å². The van der Waals surface area contributed by atoms with Gasteiger partial charge in [-0.3, -0.25) is 24.2 Å². The molecule has 0 unspecified atom stereocenters. The topological polar surface area (TPSA) is 152 Å². The highest BCUT2D eigenvalue weighted by molar-refractivity contribution is 7.92. The molecule has 0 atom stereocenters. The molecule has 0 fully saturated rings. The van der Waals surface area contributed by atoms with Crippen LogP contribution in [-0.2, 0) is 16.4 Å². The quantitative estimate of drug-likeness (QED) is 0.400. The van der Waals surface area contributed by atoms with Crippen molar-refractivity contribution in [2.75, 3.05) is 16.6 Å². The summed E-state index contributed by atoms with van der Waals surface area (Å²) in [6.07, 6.45) is 0.643. The van der Waals surface area contributed by atoms with Gasteiger partial charge in [0, 0.05) is 29.9 Å². The number of aromatic amines is 1. The molecule has 0 aliphatic carbocycles.